The zero-order valence-corrected chi connectivity index (χ0v) is 14.6. The van der Waals surface area contributed by atoms with E-state index >= 15 is 0 Å². The quantitative estimate of drug-likeness (QED) is 0.771. The largest absolute Gasteiger partial charge is 0.378 e. The molecule has 1 atom stereocenters. The molecule has 0 aromatic heterocycles. The molecule has 4 saturated carbocycles. The molecule has 1 amide bonds. The van der Waals surface area contributed by atoms with Crippen molar-refractivity contribution in [1.82, 2.24) is 0 Å². The number of rotatable bonds is 5. The van der Waals surface area contributed by atoms with Crippen LogP contribution in [0.2, 0.25) is 0 Å². The summed E-state index contributed by atoms with van der Waals surface area (Å²) >= 11 is 0. The first-order valence-corrected chi connectivity index (χ1v) is 9.50. The molecule has 4 bridgehead atoms. The second-order valence-corrected chi connectivity index (χ2v) is 8.37. The fraction of sp³-hybridized carbons (Fsp3) is 0.650. The number of nitrogens with two attached hydrogens (primary N) is 1. The van der Waals surface area contributed by atoms with Crippen molar-refractivity contribution < 1.29 is 4.79 Å². The van der Waals surface area contributed by atoms with Gasteiger partial charge in [-0.1, -0.05) is 19.1 Å². The Kier molecular flexibility index (Phi) is 4.03. The molecular weight excluding hydrogens is 298 g/mol. The van der Waals surface area contributed by atoms with E-state index < -0.39 is 6.04 Å². The summed E-state index contributed by atoms with van der Waals surface area (Å²) in [6.45, 7) is 1.93. The van der Waals surface area contributed by atoms with Crippen molar-refractivity contribution in [3.05, 3.63) is 24.3 Å². The first-order valence-electron chi connectivity index (χ1n) is 9.50. The molecular formula is C20H29N3O. The van der Waals surface area contributed by atoms with Crippen molar-refractivity contribution in [3.8, 4) is 0 Å². The summed E-state index contributed by atoms with van der Waals surface area (Å²) in [5, 5.41) is 6.88. The van der Waals surface area contributed by atoms with Crippen molar-refractivity contribution in [2.75, 3.05) is 10.6 Å². The fourth-order valence-electron chi connectivity index (χ4n) is 5.66. The van der Waals surface area contributed by atoms with Gasteiger partial charge in [-0.05, 0) is 74.8 Å². The summed E-state index contributed by atoms with van der Waals surface area (Å²) in [7, 11) is 0. The zero-order valence-electron chi connectivity index (χ0n) is 14.6. The van der Waals surface area contributed by atoms with E-state index in [1.165, 1.54) is 38.5 Å². The molecule has 0 radical (unpaired) electrons. The second-order valence-electron chi connectivity index (χ2n) is 8.37. The number of para-hydroxylation sites is 2. The van der Waals surface area contributed by atoms with E-state index in [0.29, 0.717) is 6.42 Å². The Balaban J connectivity index is 1.54. The van der Waals surface area contributed by atoms with Crippen LogP contribution in [-0.4, -0.2) is 17.5 Å². The van der Waals surface area contributed by atoms with Crippen molar-refractivity contribution >= 4 is 17.3 Å². The minimum Gasteiger partial charge on any atom is -0.378 e. The van der Waals surface area contributed by atoms with Crippen LogP contribution in [0.3, 0.4) is 0 Å². The third-order valence-electron chi connectivity index (χ3n) is 6.40. The highest BCUT2D eigenvalue weighted by Gasteiger charge is 2.51. The summed E-state index contributed by atoms with van der Waals surface area (Å²) in [5.41, 5.74) is 8.02. The summed E-state index contributed by atoms with van der Waals surface area (Å²) in [6.07, 6.45) is 8.82. The van der Waals surface area contributed by atoms with Gasteiger partial charge in [0.05, 0.1) is 17.4 Å². The van der Waals surface area contributed by atoms with Crippen molar-refractivity contribution in [2.24, 2.45) is 23.5 Å². The number of benzene rings is 1. The number of hydrogen-bond donors (Lipinski definition) is 3. The van der Waals surface area contributed by atoms with Gasteiger partial charge in [0.1, 0.15) is 0 Å². The number of amides is 1. The van der Waals surface area contributed by atoms with E-state index in [1.807, 2.05) is 25.1 Å². The van der Waals surface area contributed by atoms with Gasteiger partial charge < -0.3 is 16.4 Å². The Bertz CT molecular complexity index is 592. The van der Waals surface area contributed by atoms with Crippen LogP contribution in [-0.2, 0) is 4.79 Å². The lowest BCUT2D eigenvalue weighted by Crippen LogP contribution is -2.54. The van der Waals surface area contributed by atoms with Crippen LogP contribution >= 0.6 is 0 Å². The lowest BCUT2D eigenvalue weighted by atomic mass is 9.53. The van der Waals surface area contributed by atoms with E-state index in [1.54, 1.807) is 0 Å². The van der Waals surface area contributed by atoms with Crippen LogP contribution in [0.25, 0.3) is 0 Å². The van der Waals surface area contributed by atoms with Crippen LogP contribution < -0.4 is 16.4 Å². The Hall–Kier alpha value is -1.55. The smallest absolute Gasteiger partial charge is 0.241 e. The maximum atomic E-state index is 12.2. The summed E-state index contributed by atoms with van der Waals surface area (Å²) < 4.78 is 0. The minimum absolute atomic E-state index is 0.0998. The van der Waals surface area contributed by atoms with Gasteiger partial charge in [-0.15, -0.1) is 0 Å². The molecule has 1 aromatic carbocycles. The molecule has 0 saturated heterocycles. The van der Waals surface area contributed by atoms with Gasteiger partial charge in [0.2, 0.25) is 5.91 Å². The van der Waals surface area contributed by atoms with E-state index in [9.17, 15) is 4.79 Å². The maximum Gasteiger partial charge on any atom is 0.241 e. The molecule has 4 nitrogen and oxygen atoms in total. The van der Waals surface area contributed by atoms with Crippen LogP contribution in [0, 0.1) is 17.8 Å². The van der Waals surface area contributed by atoms with Gasteiger partial charge in [-0.2, -0.15) is 0 Å². The second kappa shape index (κ2) is 6.07. The molecule has 130 valence electrons. The van der Waals surface area contributed by atoms with E-state index in [0.717, 1.165) is 29.1 Å². The third kappa shape index (κ3) is 2.92. The Morgan fingerprint density at radius 3 is 2.21 bits per heavy atom. The average molecular weight is 327 g/mol. The van der Waals surface area contributed by atoms with Crippen LogP contribution in [0.5, 0.6) is 0 Å². The molecule has 24 heavy (non-hydrogen) atoms. The monoisotopic (exact) mass is 327 g/mol. The van der Waals surface area contributed by atoms with Crippen molar-refractivity contribution in [3.63, 3.8) is 0 Å². The topological polar surface area (TPSA) is 67.2 Å². The van der Waals surface area contributed by atoms with Gasteiger partial charge in [-0.25, -0.2) is 0 Å². The number of anilines is 2. The highest BCUT2D eigenvalue weighted by atomic mass is 16.2. The molecule has 1 aromatic rings. The highest BCUT2D eigenvalue weighted by Crippen LogP contribution is 2.56. The first kappa shape index (κ1) is 15.9. The number of hydrogen-bond acceptors (Lipinski definition) is 3. The molecule has 4 aliphatic rings. The molecule has 0 unspecified atom stereocenters. The molecule has 4 heteroatoms. The number of carbonyl (C=O) groups excluding carboxylic acids is 1. The number of carbonyl (C=O) groups is 1. The molecule has 0 aliphatic heterocycles. The first-order chi connectivity index (χ1) is 11.6. The summed E-state index contributed by atoms with van der Waals surface area (Å²) in [5.74, 6) is 2.61. The fourth-order valence-corrected chi connectivity index (χ4v) is 5.66. The van der Waals surface area contributed by atoms with Gasteiger partial charge in [-0.3, -0.25) is 4.79 Å². The predicted octanol–water partition coefficient (Wildman–Crippen LogP) is 3.74. The van der Waals surface area contributed by atoms with Crippen molar-refractivity contribution in [2.45, 2.75) is 63.5 Å². The van der Waals surface area contributed by atoms with Crippen LogP contribution in [0.15, 0.2) is 24.3 Å². The molecule has 5 rings (SSSR count). The van der Waals surface area contributed by atoms with Crippen molar-refractivity contribution in [1.29, 1.82) is 0 Å². The number of nitrogens with one attached hydrogen (secondary N) is 2. The van der Waals surface area contributed by atoms with E-state index in [4.69, 9.17) is 5.73 Å². The van der Waals surface area contributed by atoms with Gasteiger partial charge >= 0.3 is 0 Å². The SMILES string of the molecule is CC[C@H](N)C(=O)Nc1ccccc1NC12CC3CC(CC(C3)C1)C2. The molecule has 4 aliphatic carbocycles. The molecule has 0 spiro atoms. The Morgan fingerprint density at radius 1 is 1.12 bits per heavy atom. The van der Waals surface area contributed by atoms with E-state index in [-0.39, 0.29) is 11.4 Å². The zero-order chi connectivity index (χ0) is 16.7. The maximum absolute atomic E-state index is 12.2. The predicted molar refractivity (Wildman–Crippen MR) is 97.9 cm³/mol. The Morgan fingerprint density at radius 2 is 1.67 bits per heavy atom. The third-order valence-corrected chi connectivity index (χ3v) is 6.40. The summed E-state index contributed by atoms with van der Waals surface area (Å²) in [6, 6.07) is 7.63. The van der Waals surface area contributed by atoms with Crippen LogP contribution in [0.1, 0.15) is 51.9 Å². The molecule has 4 N–H and O–H groups in total. The molecule has 0 heterocycles. The van der Waals surface area contributed by atoms with E-state index in [2.05, 4.69) is 16.7 Å². The standard InChI is InChI=1S/C20H29N3O/c1-2-16(21)19(24)22-17-5-3-4-6-18(17)23-20-10-13-7-14(11-20)9-15(8-13)12-20/h3-6,13-16,23H,2,7-12,21H2,1H3,(H,22,24)/t13?,14?,15?,16-,20?/m0/s1. The lowest BCUT2D eigenvalue weighted by Gasteiger charge is -2.57. The Labute approximate surface area is 144 Å². The van der Waals surface area contributed by atoms with Gasteiger partial charge in [0.25, 0.3) is 0 Å². The average Bonchev–Trinajstić information content (AvgIpc) is 2.54. The lowest BCUT2D eigenvalue weighted by molar-refractivity contribution is -0.117. The molecule has 4 fully saturated rings. The normalized spacial score (nSPS) is 34.8. The summed E-state index contributed by atoms with van der Waals surface area (Å²) in [4.78, 5) is 12.2. The minimum atomic E-state index is -0.447. The van der Waals surface area contributed by atoms with Crippen LogP contribution in [0.4, 0.5) is 11.4 Å². The van der Waals surface area contributed by atoms with Gasteiger partial charge in [0.15, 0.2) is 0 Å². The highest BCUT2D eigenvalue weighted by molar-refractivity contribution is 5.97. The van der Waals surface area contributed by atoms with Gasteiger partial charge in [0, 0.05) is 5.54 Å².